The molecular weight excluding hydrogens is 215 g/mol. The molecule has 0 heterocycles. The van der Waals surface area contributed by atoms with E-state index in [4.69, 9.17) is 10.5 Å². The first-order valence-electron chi connectivity index (χ1n) is 4.92. The summed E-state index contributed by atoms with van der Waals surface area (Å²) in [5.74, 6) is -0.548. The molecule has 0 spiro atoms. The van der Waals surface area contributed by atoms with Crippen LogP contribution in [0.4, 0.5) is 10.1 Å². The van der Waals surface area contributed by atoms with Crippen molar-refractivity contribution in [1.29, 1.82) is 0 Å². The van der Waals surface area contributed by atoms with E-state index in [1.165, 1.54) is 6.07 Å². The standard InChI is InChI=1S/C10H11FN2O3/c11-6-1-2-10(9(3-6)13(14)15)16-8-4-7(12)5-8/h1-3,7-8H,4-5,12H2. The Hall–Kier alpha value is -1.69. The predicted molar refractivity (Wildman–Crippen MR) is 54.7 cm³/mol. The van der Waals surface area contributed by atoms with E-state index in [-0.39, 0.29) is 23.6 Å². The van der Waals surface area contributed by atoms with Gasteiger partial charge in [-0.05, 0) is 25.0 Å². The van der Waals surface area contributed by atoms with Gasteiger partial charge < -0.3 is 10.5 Å². The fourth-order valence-electron chi connectivity index (χ4n) is 1.61. The molecule has 6 heteroatoms. The molecular formula is C10H11FN2O3. The summed E-state index contributed by atoms with van der Waals surface area (Å²) >= 11 is 0. The highest BCUT2D eigenvalue weighted by Crippen LogP contribution is 2.32. The van der Waals surface area contributed by atoms with Crippen LogP contribution in [-0.2, 0) is 0 Å². The van der Waals surface area contributed by atoms with E-state index in [1.807, 2.05) is 0 Å². The Morgan fingerprint density at radius 2 is 2.19 bits per heavy atom. The summed E-state index contributed by atoms with van der Waals surface area (Å²) in [6.45, 7) is 0. The van der Waals surface area contributed by atoms with Gasteiger partial charge in [-0.2, -0.15) is 0 Å². The smallest absolute Gasteiger partial charge is 0.313 e. The molecule has 0 aliphatic heterocycles. The minimum absolute atomic E-state index is 0.0980. The Morgan fingerprint density at radius 3 is 2.75 bits per heavy atom. The minimum Gasteiger partial charge on any atom is -0.483 e. The van der Waals surface area contributed by atoms with Crippen molar-refractivity contribution in [2.45, 2.75) is 25.0 Å². The molecule has 1 aromatic carbocycles. The Bertz CT molecular complexity index is 419. The fraction of sp³-hybridized carbons (Fsp3) is 0.400. The van der Waals surface area contributed by atoms with Gasteiger partial charge in [-0.3, -0.25) is 10.1 Å². The van der Waals surface area contributed by atoms with Crippen LogP contribution in [0.1, 0.15) is 12.8 Å². The van der Waals surface area contributed by atoms with E-state index in [0.29, 0.717) is 12.8 Å². The molecule has 2 N–H and O–H groups in total. The zero-order chi connectivity index (χ0) is 11.7. The van der Waals surface area contributed by atoms with E-state index >= 15 is 0 Å². The molecule has 0 aromatic heterocycles. The normalized spacial score (nSPS) is 23.6. The van der Waals surface area contributed by atoms with Crippen LogP contribution in [0.15, 0.2) is 18.2 Å². The molecule has 0 bridgehead atoms. The van der Waals surface area contributed by atoms with Crippen molar-refractivity contribution in [3.8, 4) is 5.75 Å². The molecule has 1 aliphatic carbocycles. The third-order valence-electron chi connectivity index (χ3n) is 2.54. The quantitative estimate of drug-likeness (QED) is 0.627. The molecule has 0 atom stereocenters. The van der Waals surface area contributed by atoms with Crippen LogP contribution >= 0.6 is 0 Å². The van der Waals surface area contributed by atoms with E-state index in [9.17, 15) is 14.5 Å². The molecule has 1 fully saturated rings. The van der Waals surface area contributed by atoms with Crippen molar-refractivity contribution in [3.63, 3.8) is 0 Å². The Kier molecular flexibility index (Phi) is 2.74. The molecule has 0 radical (unpaired) electrons. The van der Waals surface area contributed by atoms with Gasteiger partial charge in [-0.25, -0.2) is 4.39 Å². The van der Waals surface area contributed by atoms with Crippen LogP contribution < -0.4 is 10.5 Å². The molecule has 0 saturated heterocycles. The monoisotopic (exact) mass is 226 g/mol. The van der Waals surface area contributed by atoms with E-state index in [0.717, 1.165) is 12.1 Å². The minimum atomic E-state index is -0.656. The van der Waals surface area contributed by atoms with Crippen LogP contribution in [-0.4, -0.2) is 17.1 Å². The first kappa shape index (κ1) is 10.8. The topological polar surface area (TPSA) is 78.4 Å². The largest absolute Gasteiger partial charge is 0.483 e. The van der Waals surface area contributed by atoms with E-state index in [1.54, 1.807) is 0 Å². The zero-order valence-corrected chi connectivity index (χ0v) is 8.43. The number of hydrogen-bond acceptors (Lipinski definition) is 4. The van der Waals surface area contributed by atoms with Crippen LogP contribution in [0.3, 0.4) is 0 Å². The predicted octanol–water partition coefficient (Wildman–Crippen LogP) is 1.60. The van der Waals surface area contributed by atoms with Gasteiger partial charge in [0, 0.05) is 6.04 Å². The number of nitro groups is 1. The number of hydrogen-bond donors (Lipinski definition) is 1. The second-order valence-electron chi connectivity index (χ2n) is 3.84. The molecule has 1 aliphatic rings. The lowest BCUT2D eigenvalue weighted by Crippen LogP contribution is -2.43. The van der Waals surface area contributed by atoms with Gasteiger partial charge in [-0.1, -0.05) is 0 Å². The maximum atomic E-state index is 12.8. The average molecular weight is 226 g/mol. The summed E-state index contributed by atoms with van der Waals surface area (Å²) in [5, 5.41) is 10.7. The number of nitrogens with two attached hydrogens (primary N) is 1. The lowest BCUT2D eigenvalue weighted by molar-refractivity contribution is -0.386. The number of benzene rings is 1. The lowest BCUT2D eigenvalue weighted by atomic mass is 9.90. The van der Waals surface area contributed by atoms with Crippen molar-refractivity contribution >= 4 is 5.69 Å². The summed E-state index contributed by atoms with van der Waals surface area (Å²) in [5.41, 5.74) is 5.22. The van der Waals surface area contributed by atoms with Gasteiger partial charge in [0.1, 0.15) is 11.9 Å². The Balaban J connectivity index is 2.16. The van der Waals surface area contributed by atoms with E-state index < -0.39 is 10.7 Å². The molecule has 1 saturated carbocycles. The summed E-state index contributed by atoms with van der Waals surface area (Å²) < 4.78 is 18.2. The molecule has 0 unspecified atom stereocenters. The third kappa shape index (κ3) is 2.11. The maximum absolute atomic E-state index is 12.8. The number of halogens is 1. The molecule has 0 amide bonds. The van der Waals surface area contributed by atoms with Gasteiger partial charge in [0.15, 0.2) is 5.75 Å². The molecule has 1 aromatic rings. The van der Waals surface area contributed by atoms with Gasteiger partial charge in [0.2, 0.25) is 0 Å². The number of nitrogens with zero attached hydrogens (tertiary/aromatic N) is 1. The molecule has 86 valence electrons. The Labute approximate surface area is 91.2 Å². The van der Waals surface area contributed by atoms with Crippen LogP contribution in [0.25, 0.3) is 0 Å². The third-order valence-corrected chi connectivity index (χ3v) is 2.54. The van der Waals surface area contributed by atoms with Crippen molar-refractivity contribution in [1.82, 2.24) is 0 Å². The summed E-state index contributed by atoms with van der Waals surface area (Å²) in [6, 6.07) is 3.37. The second-order valence-corrected chi connectivity index (χ2v) is 3.84. The average Bonchev–Trinajstić information content (AvgIpc) is 2.17. The van der Waals surface area contributed by atoms with Crippen molar-refractivity contribution in [2.75, 3.05) is 0 Å². The van der Waals surface area contributed by atoms with Crippen molar-refractivity contribution in [3.05, 3.63) is 34.1 Å². The van der Waals surface area contributed by atoms with Gasteiger partial charge in [0.25, 0.3) is 0 Å². The van der Waals surface area contributed by atoms with Gasteiger partial charge in [0.05, 0.1) is 11.0 Å². The molecule has 5 nitrogen and oxygen atoms in total. The SMILES string of the molecule is NC1CC(Oc2ccc(F)cc2[N+](=O)[O-])C1. The van der Waals surface area contributed by atoms with Crippen LogP contribution in [0.2, 0.25) is 0 Å². The summed E-state index contributed by atoms with van der Waals surface area (Å²) in [7, 11) is 0. The molecule has 2 rings (SSSR count). The first-order valence-corrected chi connectivity index (χ1v) is 4.92. The highest BCUT2D eigenvalue weighted by Gasteiger charge is 2.29. The maximum Gasteiger partial charge on any atom is 0.313 e. The zero-order valence-electron chi connectivity index (χ0n) is 8.43. The van der Waals surface area contributed by atoms with Gasteiger partial charge in [-0.15, -0.1) is 0 Å². The first-order chi connectivity index (χ1) is 7.56. The summed E-state index contributed by atoms with van der Waals surface area (Å²) in [6.07, 6.45) is 1.25. The number of rotatable bonds is 3. The number of nitro benzene ring substituents is 1. The van der Waals surface area contributed by atoms with Crippen LogP contribution in [0, 0.1) is 15.9 Å². The number of ether oxygens (including phenoxy) is 1. The van der Waals surface area contributed by atoms with Gasteiger partial charge >= 0.3 is 5.69 Å². The highest BCUT2D eigenvalue weighted by molar-refractivity contribution is 5.46. The van der Waals surface area contributed by atoms with Crippen LogP contribution in [0.5, 0.6) is 5.75 Å². The lowest BCUT2D eigenvalue weighted by Gasteiger charge is -2.32. The van der Waals surface area contributed by atoms with Crippen molar-refractivity contribution in [2.24, 2.45) is 5.73 Å². The second kappa shape index (κ2) is 4.05. The van der Waals surface area contributed by atoms with Crippen molar-refractivity contribution < 1.29 is 14.1 Å². The molecule has 16 heavy (non-hydrogen) atoms. The van der Waals surface area contributed by atoms with E-state index in [2.05, 4.69) is 0 Å². The Morgan fingerprint density at radius 1 is 1.50 bits per heavy atom. The summed E-state index contributed by atoms with van der Waals surface area (Å²) in [4.78, 5) is 10.0. The fourth-order valence-corrected chi connectivity index (χ4v) is 1.61. The highest BCUT2D eigenvalue weighted by atomic mass is 19.1.